The predicted molar refractivity (Wildman–Crippen MR) is 82.7 cm³/mol. The number of hydrogen-bond acceptors (Lipinski definition) is 5. The Balaban J connectivity index is 2.23. The molecule has 1 heterocycles. The Morgan fingerprint density at radius 3 is 2.23 bits per heavy atom. The lowest BCUT2D eigenvalue weighted by atomic mass is 10.1. The first-order valence-corrected chi connectivity index (χ1v) is 6.61. The molecule has 0 fully saturated rings. The van der Waals surface area contributed by atoms with E-state index in [-0.39, 0.29) is 11.2 Å². The van der Waals surface area contributed by atoms with Crippen LogP contribution in [-0.4, -0.2) is 19.3 Å². The number of benzene rings is 2. The molecule has 1 N–H and O–H groups in total. The van der Waals surface area contributed by atoms with Crippen molar-refractivity contribution in [3.63, 3.8) is 0 Å². The maximum absolute atomic E-state index is 12.3. The third kappa shape index (κ3) is 2.37. The van der Waals surface area contributed by atoms with E-state index in [4.69, 9.17) is 13.9 Å². The number of phenolic OH excluding ortho intramolecular Hbond substituents is 1. The Morgan fingerprint density at radius 1 is 0.955 bits per heavy atom. The van der Waals surface area contributed by atoms with Crippen molar-refractivity contribution < 1.29 is 19.0 Å². The molecule has 0 aliphatic heterocycles. The highest BCUT2D eigenvalue weighted by atomic mass is 16.5. The first-order chi connectivity index (χ1) is 10.6. The molecule has 3 rings (SSSR count). The highest BCUT2D eigenvalue weighted by Gasteiger charge is 2.12. The first kappa shape index (κ1) is 14.0. The Morgan fingerprint density at radius 2 is 1.59 bits per heavy atom. The average Bonchev–Trinajstić information content (AvgIpc) is 2.54. The topological polar surface area (TPSA) is 68.9 Å². The summed E-state index contributed by atoms with van der Waals surface area (Å²) in [6.45, 7) is 0. The molecule has 5 nitrogen and oxygen atoms in total. The van der Waals surface area contributed by atoms with Gasteiger partial charge in [0.05, 0.1) is 19.6 Å². The van der Waals surface area contributed by atoms with Crippen molar-refractivity contribution in [1.82, 2.24) is 0 Å². The fourth-order valence-electron chi connectivity index (χ4n) is 2.25. The number of aromatic hydroxyl groups is 1. The van der Waals surface area contributed by atoms with Crippen molar-refractivity contribution >= 4 is 11.0 Å². The van der Waals surface area contributed by atoms with Gasteiger partial charge in [-0.25, -0.2) is 0 Å². The van der Waals surface area contributed by atoms with Crippen molar-refractivity contribution in [3.8, 4) is 28.6 Å². The normalized spacial score (nSPS) is 10.6. The molecule has 0 saturated heterocycles. The molecule has 1 aromatic heterocycles. The second-order valence-corrected chi connectivity index (χ2v) is 4.73. The van der Waals surface area contributed by atoms with Gasteiger partial charge in [0.2, 0.25) is 0 Å². The molecular weight excluding hydrogens is 284 g/mol. The fraction of sp³-hybridized carbons (Fsp3) is 0.118. The molecule has 0 aliphatic carbocycles. The molecule has 112 valence electrons. The minimum Gasteiger partial charge on any atom is -0.508 e. The van der Waals surface area contributed by atoms with Crippen molar-refractivity contribution in [3.05, 3.63) is 52.7 Å². The number of fused-ring (bicyclic) bond motifs is 1. The van der Waals surface area contributed by atoms with Crippen LogP contribution in [0, 0.1) is 0 Å². The van der Waals surface area contributed by atoms with E-state index in [0.29, 0.717) is 33.8 Å². The monoisotopic (exact) mass is 298 g/mol. The van der Waals surface area contributed by atoms with Gasteiger partial charge in [-0.1, -0.05) is 0 Å². The zero-order chi connectivity index (χ0) is 15.7. The molecule has 0 bridgehead atoms. The van der Waals surface area contributed by atoms with Crippen LogP contribution >= 0.6 is 0 Å². The average molecular weight is 298 g/mol. The number of phenols is 1. The van der Waals surface area contributed by atoms with Crippen LogP contribution in [0.25, 0.3) is 22.3 Å². The van der Waals surface area contributed by atoms with E-state index in [9.17, 15) is 9.90 Å². The van der Waals surface area contributed by atoms with E-state index in [2.05, 4.69) is 0 Å². The van der Waals surface area contributed by atoms with Crippen LogP contribution in [0.4, 0.5) is 0 Å². The zero-order valence-electron chi connectivity index (χ0n) is 12.1. The van der Waals surface area contributed by atoms with Crippen LogP contribution in [0.1, 0.15) is 0 Å². The van der Waals surface area contributed by atoms with Crippen molar-refractivity contribution in [2.45, 2.75) is 0 Å². The van der Waals surface area contributed by atoms with Gasteiger partial charge in [-0.05, 0) is 30.3 Å². The molecule has 0 radical (unpaired) electrons. The lowest BCUT2D eigenvalue weighted by Crippen LogP contribution is -2.01. The van der Waals surface area contributed by atoms with Crippen LogP contribution in [0.3, 0.4) is 0 Å². The van der Waals surface area contributed by atoms with E-state index in [1.54, 1.807) is 24.3 Å². The van der Waals surface area contributed by atoms with Gasteiger partial charge in [-0.2, -0.15) is 0 Å². The quantitative estimate of drug-likeness (QED) is 0.804. The van der Waals surface area contributed by atoms with E-state index in [1.807, 2.05) is 0 Å². The second kappa shape index (κ2) is 5.44. The number of ether oxygens (including phenoxy) is 2. The van der Waals surface area contributed by atoms with E-state index < -0.39 is 0 Å². The third-order valence-corrected chi connectivity index (χ3v) is 3.39. The van der Waals surface area contributed by atoms with Crippen LogP contribution in [-0.2, 0) is 0 Å². The summed E-state index contributed by atoms with van der Waals surface area (Å²) < 4.78 is 16.2. The maximum Gasteiger partial charge on any atom is 0.193 e. The summed E-state index contributed by atoms with van der Waals surface area (Å²) in [4.78, 5) is 12.3. The minimum atomic E-state index is -0.176. The van der Waals surface area contributed by atoms with Gasteiger partial charge in [-0.3, -0.25) is 4.79 Å². The lowest BCUT2D eigenvalue weighted by molar-refractivity contribution is 0.355. The Hall–Kier alpha value is -2.95. The molecule has 5 heteroatoms. The molecule has 0 amide bonds. The maximum atomic E-state index is 12.3. The molecule has 2 aromatic carbocycles. The van der Waals surface area contributed by atoms with Crippen molar-refractivity contribution in [2.24, 2.45) is 0 Å². The van der Waals surface area contributed by atoms with Gasteiger partial charge < -0.3 is 19.0 Å². The van der Waals surface area contributed by atoms with Crippen LogP contribution in [0.15, 0.2) is 51.7 Å². The minimum absolute atomic E-state index is 0.151. The lowest BCUT2D eigenvalue weighted by Gasteiger charge is -2.09. The summed E-state index contributed by atoms with van der Waals surface area (Å²) >= 11 is 0. The number of rotatable bonds is 3. The molecule has 0 aliphatic rings. The standard InChI is InChI=1S/C17H14O5/c1-20-16-7-12-13(19)8-14(10-3-5-11(18)6-4-10)22-15(12)9-17(16)21-2/h3-9,18H,1-2H3. The smallest absolute Gasteiger partial charge is 0.193 e. The molecule has 0 spiro atoms. The Bertz CT molecular complexity index is 878. The molecule has 3 aromatic rings. The first-order valence-electron chi connectivity index (χ1n) is 6.61. The summed E-state index contributed by atoms with van der Waals surface area (Å²) in [6, 6.07) is 11.1. The summed E-state index contributed by atoms with van der Waals surface area (Å²) in [7, 11) is 3.03. The summed E-state index contributed by atoms with van der Waals surface area (Å²) in [5.41, 5.74) is 0.935. The SMILES string of the molecule is COc1cc2oc(-c3ccc(O)cc3)cc(=O)c2cc1OC. The highest BCUT2D eigenvalue weighted by molar-refractivity contribution is 5.82. The fourth-order valence-corrected chi connectivity index (χ4v) is 2.25. The molecule has 0 atom stereocenters. The van der Waals surface area contributed by atoms with Gasteiger partial charge in [0, 0.05) is 17.7 Å². The summed E-state index contributed by atoms with van der Waals surface area (Å²) in [5, 5.41) is 9.75. The number of methoxy groups -OCH3 is 2. The van der Waals surface area contributed by atoms with Gasteiger partial charge in [-0.15, -0.1) is 0 Å². The zero-order valence-corrected chi connectivity index (χ0v) is 12.1. The molecule has 0 unspecified atom stereocenters. The Labute approximate surface area is 126 Å². The Kier molecular flexibility index (Phi) is 3.47. The molecule has 0 saturated carbocycles. The summed E-state index contributed by atoms with van der Waals surface area (Å²) in [5.74, 6) is 1.53. The van der Waals surface area contributed by atoms with Crippen molar-refractivity contribution in [2.75, 3.05) is 14.2 Å². The second-order valence-electron chi connectivity index (χ2n) is 4.73. The molecular formula is C17H14O5. The van der Waals surface area contributed by atoms with Gasteiger partial charge >= 0.3 is 0 Å². The van der Waals surface area contributed by atoms with Crippen molar-refractivity contribution in [1.29, 1.82) is 0 Å². The van der Waals surface area contributed by atoms with Gasteiger partial charge in [0.1, 0.15) is 17.1 Å². The van der Waals surface area contributed by atoms with E-state index >= 15 is 0 Å². The van der Waals surface area contributed by atoms with E-state index in [1.165, 1.54) is 32.4 Å². The van der Waals surface area contributed by atoms with E-state index in [0.717, 1.165) is 0 Å². The van der Waals surface area contributed by atoms with Crippen LogP contribution < -0.4 is 14.9 Å². The van der Waals surface area contributed by atoms with Gasteiger partial charge in [0.25, 0.3) is 0 Å². The molecule has 22 heavy (non-hydrogen) atoms. The van der Waals surface area contributed by atoms with Crippen LogP contribution in [0.5, 0.6) is 17.2 Å². The van der Waals surface area contributed by atoms with Gasteiger partial charge in [0.15, 0.2) is 16.9 Å². The summed E-state index contributed by atoms with van der Waals surface area (Å²) in [6.07, 6.45) is 0. The van der Waals surface area contributed by atoms with Crippen LogP contribution in [0.2, 0.25) is 0 Å². The highest BCUT2D eigenvalue weighted by Crippen LogP contribution is 2.32. The predicted octanol–water partition coefficient (Wildman–Crippen LogP) is 3.18. The largest absolute Gasteiger partial charge is 0.508 e. The number of hydrogen-bond donors (Lipinski definition) is 1. The third-order valence-electron chi connectivity index (χ3n) is 3.39.